The standard InChI is InChI=1S/C26H29N5O3/c1-27-25(33)23(5-4-12-32)31-17-20-13-19(7-9-22(20)26(31)34)24-28-14-21-8-6-18(16-30(21)24)15-29-10-2-3-11-29/h6-9,12-14,16,23H,2-5,10-11,15,17H2,1H3,(H,27,33). The molecule has 2 aromatic heterocycles. The maximum absolute atomic E-state index is 13.1. The number of hydrogen-bond acceptors (Lipinski definition) is 5. The Bertz CT molecular complexity index is 1240. The first kappa shape index (κ1) is 22.3. The van der Waals surface area contributed by atoms with Gasteiger partial charge in [-0.1, -0.05) is 12.1 Å². The molecular formula is C26H29N5O3. The number of imidazole rings is 1. The van der Waals surface area contributed by atoms with Gasteiger partial charge in [-0.05, 0) is 61.7 Å². The number of likely N-dealkylation sites (tertiary alicyclic amines) is 1. The molecule has 2 aliphatic rings. The molecule has 1 fully saturated rings. The number of rotatable bonds is 8. The predicted molar refractivity (Wildman–Crippen MR) is 128 cm³/mol. The van der Waals surface area contributed by atoms with Crippen molar-refractivity contribution in [3.05, 3.63) is 59.4 Å². The van der Waals surface area contributed by atoms with Crippen LogP contribution < -0.4 is 5.32 Å². The number of fused-ring (bicyclic) bond motifs is 2. The third kappa shape index (κ3) is 4.09. The minimum atomic E-state index is -0.668. The molecule has 0 spiro atoms. The number of carbonyl (C=O) groups excluding carboxylic acids is 3. The second-order valence-corrected chi connectivity index (χ2v) is 9.08. The van der Waals surface area contributed by atoms with E-state index in [0.29, 0.717) is 18.5 Å². The van der Waals surface area contributed by atoms with Crippen LogP contribution in [0.1, 0.15) is 47.2 Å². The topological polar surface area (TPSA) is 87.0 Å². The lowest BCUT2D eigenvalue weighted by Gasteiger charge is -2.25. The molecule has 5 rings (SSSR count). The average molecular weight is 460 g/mol. The first-order chi connectivity index (χ1) is 16.6. The summed E-state index contributed by atoms with van der Waals surface area (Å²) in [5, 5.41) is 2.62. The highest BCUT2D eigenvalue weighted by Gasteiger charge is 2.36. The Labute approximate surface area is 198 Å². The van der Waals surface area contributed by atoms with Gasteiger partial charge in [0.15, 0.2) is 0 Å². The fourth-order valence-corrected chi connectivity index (χ4v) is 5.10. The van der Waals surface area contributed by atoms with Crippen LogP contribution in [0.15, 0.2) is 42.7 Å². The Morgan fingerprint density at radius 2 is 2.03 bits per heavy atom. The molecule has 0 bridgehead atoms. The summed E-state index contributed by atoms with van der Waals surface area (Å²) in [6, 6.07) is 9.33. The van der Waals surface area contributed by atoms with Crippen molar-refractivity contribution in [2.45, 2.75) is 44.8 Å². The molecule has 8 heteroatoms. The fraction of sp³-hybridized carbons (Fsp3) is 0.385. The van der Waals surface area contributed by atoms with Gasteiger partial charge < -0.3 is 15.0 Å². The van der Waals surface area contributed by atoms with E-state index >= 15 is 0 Å². The highest BCUT2D eigenvalue weighted by Crippen LogP contribution is 2.31. The normalized spacial score (nSPS) is 16.7. The SMILES string of the molecule is CNC(=O)C(CCC=O)N1Cc2cc(-c3ncc4ccc(CN5CCCC5)cn34)ccc2C1=O. The summed E-state index contributed by atoms with van der Waals surface area (Å²) in [5.74, 6) is 0.394. The van der Waals surface area contributed by atoms with Crippen molar-refractivity contribution < 1.29 is 14.4 Å². The lowest BCUT2D eigenvalue weighted by Crippen LogP contribution is -2.46. The van der Waals surface area contributed by atoms with Gasteiger partial charge in [-0.15, -0.1) is 0 Å². The Hall–Kier alpha value is -3.52. The molecule has 1 atom stereocenters. The van der Waals surface area contributed by atoms with Gasteiger partial charge in [-0.25, -0.2) is 4.98 Å². The molecule has 0 aliphatic carbocycles. The number of likely N-dealkylation sites (N-methyl/N-ethyl adjacent to an activating group) is 1. The summed E-state index contributed by atoms with van der Waals surface area (Å²) >= 11 is 0. The van der Waals surface area contributed by atoms with Crippen LogP contribution in [0.2, 0.25) is 0 Å². The van der Waals surface area contributed by atoms with Gasteiger partial charge in [0, 0.05) is 43.9 Å². The quantitative estimate of drug-likeness (QED) is 0.524. The fourth-order valence-electron chi connectivity index (χ4n) is 5.10. The number of nitrogens with one attached hydrogen (secondary N) is 1. The maximum atomic E-state index is 13.1. The number of aromatic nitrogens is 2. The van der Waals surface area contributed by atoms with Crippen LogP contribution in [0, 0.1) is 0 Å². The smallest absolute Gasteiger partial charge is 0.255 e. The van der Waals surface area contributed by atoms with E-state index < -0.39 is 6.04 Å². The molecule has 1 aromatic carbocycles. The second kappa shape index (κ2) is 9.38. The minimum absolute atomic E-state index is 0.179. The van der Waals surface area contributed by atoms with Crippen molar-refractivity contribution in [2.75, 3.05) is 20.1 Å². The largest absolute Gasteiger partial charge is 0.357 e. The lowest BCUT2D eigenvalue weighted by molar-refractivity contribution is -0.125. The summed E-state index contributed by atoms with van der Waals surface area (Å²) in [6.45, 7) is 3.56. The Morgan fingerprint density at radius 1 is 1.21 bits per heavy atom. The van der Waals surface area contributed by atoms with Crippen molar-refractivity contribution in [1.82, 2.24) is 24.5 Å². The van der Waals surface area contributed by atoms with Crippen LogP contribution >= 0.6 is 0 Å². The zero-order chi connectivity index (χ0) is 23.7. The molecule has 0 saturated carbocycles. The second-order valence-electron chi connectivity index (χ2n) is 9.08. The van der Waals surface area contributed by atoms with Crippen molar-refractivity contribution in [3.63, 3.8) is 0 Å². The van der Waals surface area contributed by atoms with Gasteiger partial charge in [-0.3, -0.25) is 18.9 Å². The van der Waals surface area contributed by atoms with Gasteiger partial charge >= 0.3 is 0 Å². The molecule has 2 aliphatic heterocycles. The number of pyridine rings is 1. The molecule has 1 N–H and O–H groups in total. The van der Waals surface area contributed by atoms with E-state index in [1.807, 2.05) is 24.4 Å². The Balaban J connectivity index is 1.43. The van der Waals surface area contributed by atoms with Gasteiger partial charge in [0.1, 0.15) is 18.2 Å². The van der Waals surface area contributed by atoms with Crippen molar-refractivity contribution in [2.24, 2.45) is 0 Å². The van der Waals surface area contributed by atoms with E-state index in [1.54, 1.807) is 11.9 Å². The predicted octanol–water partition coefficient (Wildman–Crippen LogP) is 2.65. The van der Waals surface area contributed by atoms with E-state index in [1.165, 1.54) is 18.4 Å². The minimum Gasteiger partial charge on any atom is -0.357 e. The first-order valence-corrected chi connectivity index (χ1v) is 11.9. The van der Waals surface area contributed by atoms with Gasteiger partial charge in [0.25, 0.3) is 5.91 Å². The van der Waals surface area contributed by atoms with Crippen molar-refractivity contribution >= 4 is 23.6 Å². The molecule has 8 nitrogen and oxygen atoms in total. The molecular weight excluding hydrogens is 430 g/mol. The third-order valence-corrected chi connectivity index (χ3v) is 6.87. The Morgan fingerprint density at radius 3 is 2.79 bits per heavy atom. The average Bonchev–Trinajstić information content (AvgIpc) is 3.58. The van der Waals surface area contributed by atoms with Crippen LogP contribution in [-0.2, 0) is 22.7 Å². The number of nitrogens with zero attached hydrogens (tertiary/aromatic N) is 4. The van der Waals surface area contributed by atoms with E-state index in [2.05, 4.69) is 37.9 Å². The number of aldehydes is 1. The molecule has 2 amide bonds. The van der Waals surface area contributed by atoms with Gasteiger partial charge in [-0.2, -0.15) is 0 Å². The van der Waals surface area contributed by atoms with Gasteiger partial charge in [0.05, 0.1) is 11.7 Å². The summed E-state index contributed by atoms with van der Waals surface area (Å²) in [7, 11) is 1.55. The number of benzene rings is 1. The molecule has 3 aromatic rings. The van der Waals surface area contributed by atoms with E-state index in [0.717, 1.165) is 48.4 Å². The van der Waals surface area contributed by atoms with E-state index in [9.17, 15) is 14.4 Å². The zero-order valence-electron chi connectivity index (χ0n) is 19.4. The highest BCUT2D eigenvalue weighted by atomic mass is 16.2. The monoisotopic (exact) mass is 459 g/mol. The third-order valence-electron chi connectivity index (χ3n) is 6.87. The zero-order valence-corrected chi connectivity index (χ0v) is 19.4. The maximum Gasteiger partial charge on any atom is 0.255 e. The lowest BCUT2D eigenvalue weighted by atomic mass is 10.1. The van der Waals surface area contributed by atoms with Crippen LogP contribution in [0.5, 0.6) is 0 Å². The number of carbonyl (C=O) groups is 3. The summed E-state index contributed by atoms with van der Waals surface area (Å²) < 4.78 is 2.11. The van der Waals surface area contributed by atoms with Crippen molar-refractivity contribution in [3.8, 4) is 11.4 Å². The van der Waals surface area contributed by atoms with Crippen LogP contribution in [0.25, 0.3) is 16.9 Å². The van der Waals surface area contributed by atoms with E-state index in [-0.39, 0.29) is 18.2 Å². The summed E-state index contributed by atoms with van der Waals surface area (Å²) in [5.41, 5.74) is 4.66. The highest BCUT2D eigenvalue weighted by molar-refractivity contribution is 6.01. The Kier molecular flexibility index (Phi) is 6.15. The summed E-state index contributed by atoms with van der Waals surface area (Å²) in [6.07, 6.45) is 7.86. The van der Waals surface area contributed by atoms with Crippen LogP contribution in [0.4, 0.5) is 0 Å². The van der Waals surface area contributed by atoms with Crippen LogP contribution in [0.3, 0.4) is 0 Å². The van der Waals surface area contributed by atoms with E-state index in [4.69, 9.17) is 0 Å². The molecule has 4 heterocycles. The van der Waals surface area contributed by atoms with Crippen molar-refractivity contribution in [1.29, 1.82) is 0 Å². The first-order valence-electron chi connectivity index (χ1n) is 11.9. The molecule has 34 heavy (non-hydrogen) atoms. The number of hydrogen-bond donors (Lipinski definition) is 1. The molecule has 1 saturated heterocycles. The molecule has 1 unspecified atom stereocenters. The molecule has 176 valence electrons. The summed E-state index contributed by atoms with van der Waals surface area (Å²) in [4.78, 5) is 45.1. The molecule has 0 radical (unpaired) electrons. The number of amides is 2. The van der Waals surface area contributed by atoms with Crippen LogP contribution in [-0.4, -0.2) is 63.5 Å². The van der Waals surface area contributed by atoms with Gasteiger partial charge in [0.2, 0.25) is 5.91 Å².